The van der Waals surface area contributed by atoms with E-state index in [1.54, 1.807) is 7.05 Å². The number of likely N-dealkylation sites (N-methyl/N-ethyl adjacent to an activating group) is 2. The molecule has 0 N–H and O–H groups in total. The van der Waals surface area contributed by atoms with E-state index in [4.69, 9.17) is 0 Å². The molecule has 54 valence electrons. The molecule has 0 saturated carbocycles. The molecule has 0 amide bonds. The molecule has 1 fully saturated rings. The average molecular weight is 130 g/mol. The van der Waals surface area contributed by atoms with E-state index in [-0.39, 0.29) is 4.65 Å². The van der Waals surface area contributed by atoms with Crippen molar-refractivity contribution >= 4 is 0 Å². The van der Waals surface area contributed by atoms with Gasteiger partial charge in [0.15, 0.2) is 0 Å². The van der Waals surface area contributed by atoms with E-state index in [1.807, 2.05) is 7.05 Å². The van der Waals surface area contributed by atoms with Crippen molar-refractivity contribution in [1.82, 2.24) is 4.90 Å². The van der Waals surface area contributed by atoms with Crippen LogP contribution in [0.15, 0.2) is 0 Å². The first-order chi connectivity index (χ1) is 4.01. The summed E-state index contributed by atoms with van der Waals surface area (Å²) < 4.78 is -0.0995. The molecule has 1 heterocycles. The van der Waals surface area contributed by atoms with Gasteiger partial charge >= 0.3 is 0 Å². The highest BCUT2D eigenvalue weighted by atomic mass is 16.5. The van der Waals surface area contributed by atoms with Crippen LogP contribution in [0.25, 0.3) is 0 Å². The van der Waals surface area contributed by atoms with Gasteiger partial charge in [-0.05, 0) is 14.0 Å². The predicted molar refractivity (Wildman–Crippen MR) is 36.5 cm³/mol. The van der Waals surface area contributed by atoms with E-state index in [0.29, 0.717) is 12.7 Å². The van der Waals surface area contributed by atoms with Crippen LogP contribution < -0.4 is 0 Å². The normalized spacial score (nSPS) is 46.0. The Morgan fingerprint density at radius 2 is 2.22 bits per heavy atom. The first-order valence-corrected chi connectivity index (χ1v) is 3.27. The number of quaternary nitrogens is 1. The van der Waals surface area contributed by atoms with Gasteiger partial charge in [0.1, 0.15) is 6.67 Å². The predicted octanol–water partition coefficient (Wildman–Crippen LogP) is 0.222. The molecule has 0 bridgehead atoms. The molecule has 0 aromatic carbocycles. The van der Waals surface area contributed by atoms with Gasteiger partial charge in [-0.2, -0.15) is 0 Å². The van der Waals surface area contributed by atoms with E-state index in [2.05, 4.69) is 11.8 Å². The number of hydroxylamine groups is 3. The molecule has 1 aliphatic heterocycles. The number of nitrogens with zero attached hydrogens (tertiary/aromatic N) is 2. The Labute approximate surface area is 56.0 Å². The van der Waals surface area contributed by atoms with Crippen molar-refractivity contribution in [3.05, 3.63) is 5.21 Å². The van der Waals surface area contributed by atoms with E-state index < -0.39 is 0 Å². The SMILES string of the molecule is CC1C[N+](C)([O-])CN1C. The lowest BCUT2D eigenvalue weighted by Gasteiger charge is -2.32. The number of hydrogen-bond donors (Lipinski definition) is 0. The molecule has 1 aliphatic rings. The van der Waals surface area contributed by atoms with Crippen molar-refractivity contribution in [3.8, 4) is 0 Å². The van der Waals surface area contributed by atoms with Crippen LogP contribution in [-0.2, 0) is 0 Å². The lowest BCUT2D eigenvalue weighted by molar-refractivity contribution is -0.852. The van der Waals surface area contributed by atoms with Crippen molar-refractivity contribution in [2.24, 2.45) is 0 Å². The van der Waals surface area contributed by atoms with E-state index in [1.165, 1.54) is 0 Å². The maximum absolute atomic E-state index is 11.2. The Morgan fingerprint density at radius 3 is 2.33 bits per heavy atom. The zero-order valence-electron chi connectivity index (χ0n) is 6.29. The van der Waals surface area contributed by atoms with Crippen LogP contribution in [0.4, 0.5) is 0 Å². The van der Waals surface area contributed by atoms with Gasteiger partial charge in [-0.3, -0.25) is 4.90 Å². The van der Waals surface area contributed by atoms with Gasteiger partial charge in [0.2, 0.25) is 0 Å². The molecule has 0 aliphatic carbocycles. The molecule has 3 heteroatoms. The Kier molecular flexibility index (Phi) is 1.50. The van der Waals surface area contributed by atoms with Gasteiger partial charge in [-0.15, -0.1) is 0 Å². The summed E-state index contributed by atoms with van der Waals surface area (Å²) in [6.45, 7) is 3.46. The van der Waals surface area contributed by atoms with Gasteiger partial charge in [-0.25, -0.2) is 0 Å². The lowest BCUT2D eigenvalue weighted by Crippen LogP contribution is -2.35. The van der Waals surface area contributed by atoms with Crippen molar-refractivity contribution in [2.75, 3.05) is 27.3 Å². The second-order valence-corrected chi connectivity index (χ2v) is 3.23. The fraction of sp³-hybridized carbons (Fsp3) is 1.00. The first-order valence-electron chi connectivity index (χ1n) is 3.27. The molecule has 1 saturated heterocycles. The minimum atomic E-state index is -0.0995. The van der Waals surface area contributed by atoms with Gasteiger partial charge < -0.3 is 9.85 Å². The summed E-state index contributed by atoms with van der Waals surface area (Å²) in [6.07, 6.45) is 0. The van der Waals surface area contributed by atoms with Crippen molar-refractivity contribution in [2.45, 2.75) is 13.0 Å². The molecule has 2 unspecified atom stereocenters. The van der Waals surface area contributed by atoms with Crippen LogP contribution in [0, 0.1) is 5.21 Å². The minimum absolute atomic E-state index is 0.0995. The Bertz CT molecular complexity index is 102. The summed E-state index contributed by atoms with van der Waals surface area (Å²) in [7, 11) is 3.71. The Hall–Kier alpha value is -0.120. The zero-order valence-corrected chi connectivity index (χ0v) is 6.29. The van der Waals surface area contributed by atoms with Gasteiger partial charge in [-0.1, -0.05) is 0 Å². The highest BCUT2D eigenvalue weighted by Crippen LogP contribution is 2.14. The molecule has 2 atom stereocenters. The molecule has 9 heavy (non-hydrogen) atoms. The molecular weight excluding hydrogens is 116 g/mol. The third-order valence-electron chi connectivity index (χ3n) is 1.93. The highest BCUT2D eigenvalue weighted by Gasteiger charge is 2.28. The second-order valence-electron chi connectivity index (χ2n) is 3.23. The monoisotopic (exact) mass is 130 g/mol. The quantitative estimate of drug-likeness (QED) is 0.346. The van der Waals surface area contributed by atoms with Crippen LogP contribution in [0.1, 0.15) is 6.92 Å². The topological polar surface area (TPSA) is 26.3 Å². The molecule has 1 rings (SSSR count). The van der Waals surface area contributed by atoms with Crippen molar-refractivity contribution in [3.63, 3.8) is 0 Å². The summed E-state index contributed by atoms with van der Waals surface area (Å²) in [5.41, 5.74) is 0. The third-order valence-corrected chi connectivity index (χ3v) is 1.93. The molecule has 0 radical (unpaired) electrons. The molecule has 3 nitrogen and oxygen atoms in total. The molecule has 0 aromatic rings. The zero-order chi connectivity index (χ0) is 7.07. The first kappa shape index (κ1) is 6.99. The summed E-state index contributed by atoms with van der Waals surface area (Å²) >= 11 is 0. The summed E-state index contributed by atoms with van der Waals surface area (Å²) in [4.78, 5) is 2.09. The van der Waals surface area contributed by atoms with Crippen molar-refractivity contribution in [1.29, 1.82) is 0 Å². The van der Waals surface area contributed by atoms with Crippen LogP contribution in [0.3, 0.4) is 0 Å². The highest BCUT2D eigenvalue weighted by molar-refractivity contribution is 4.66. The second kappa shape index (κ2) is 1.94. The fourth-order valence-corrected chi connectivity index (χ4v) is 1.37. The smallest absolute Gasteiger partial charge is 0.134 e. The molecule has 0 spiro atoms. The number of hydrogen-bond acceptors (Lipinski definition) is 2. The average Bonchev–Trinajstić information content (AvgIpc) is 1.79. The standard InChI is InChI=1S/C6H14N2O/c1-6-4-8(3,9)5-7(6)2/h6H,4-5H2,1-3H3. The van der Waals surface area contributed by atoms with Gasteiger partial charge in [0.25, 0.3) is 0 Å². The van der Waals surface area contributed by atoms with Crippen LogP contribution in [0.2, 0.25) is 0 Å². The van der Waals surface area contributed by atoms with E-state index in [9.17, 15) is 5.21 Å². The van der Waals surface area contributed by atoms with Crippen LogP contribution in [-0.4, -0.2) is 42.9 Å². The summed E-state index contributed by atoms with van der Waals surface area (Å²) in [5.74, 6) is 0. The molecular formula is C6H14N2O. The number of rotatable bonds is 0. The summed E-state index contributed by atoms with van der Waals surface area (Å²) in [5, 5.41) is 11.2. The van der Waals surface area contributed by atoms with Gasteiger partial charge in [0.05, 0.1) is 19.6 Å². The van der Waals surface area contributed by atoms with Crippen molar-refractivity contribution < 1.29 is 4.65 Å². The van der Waals surface area contributed by atoms with E-state index >= 15 is 0 Å². The maximum Gasteiger partial charge on any atom is 0.134 e. The minimum Gasteiger partial charge on any atom is -0.632 e. The largest absolute Gasteiger partial charge is 0.632 e. The van der Waals surface area contributed by atoms with Crippen LogP contribution >= 0.6 is 0 Å². The Balaban J connectivity index is 2.54. The lowest BCUT2D eigenvalue weighted by atomic mass is 10.3. The van der Waals surface area contributed by atoms with E-state index in [0.717, 1.165) is 6.54 Å². The fourth-order valence-electron chi connectivity index (χ4n) is 1.37. The van der Waals surface area contributed by atoms with Crippen LogP contribution in [0.5, 0.6) is 0 Å². The molecule has 0 aromatic heterocycles. The van der Waals surface area contributed by atoms with Gasteiger partial charge in [0, 0.05) is 0 Å². The maximum atomic E-state index is 11.2. The Morgan fingerprint density at radius 1 is 1.67 bits per heavy atom. The third kappa shape index (κ3) is 1.41. The summed E-state index contributed by atoms with van der Waals surface area (Å²) in [6, 6.07) is 0.451.